The summed E-state index contributed by atoms with van der Waals surface area (Å²) in [5.41, 5.74) is 0. The van der Waals surface area contributed by atoms with Crippen LogP contribution in [0.1, 0.15) is 12.8 Å². The Hall–Kier alpha value is -2.65. The van der Waals surface area contributed by atoms with Gasteiger partial charge in [-0.15, -0.1) is 0 Å². The quantitative estimate of drug-likeness (QED) is 0.469. The maximum atomic E-state index is 13.7. The second-order valence-corrected chi connectivity index (χ2v) is 5.83. The van der Waals surface area contributed by atoms with Crippen LogP contribution >= 0.6 is 0 Å². The topological polar surface area (TPSA) is 47.4 Å². The number of hydrogen-bond donors (Lipinski definition) is 0. The minimum atomic E-state index is -2.23. The van der Waals surface area contributed by atoms with Crippen LogP contribution in [0.3, 0.4) is 0 Å². The third-order valence-electron chi connectivity index (χ3n) is 4.13. The summed E-state index contributed by atoms with van der Waals surface area (Å²) in [5, 5.41) is 0. The van der Waals surface area contributed by atoms with Crippen molar-refractivity contribution >= 4 is 5.91 Å². The van der Waals surface area contributed by atoms with Gasteiger partial charge in [0.15, 0.2) is 5.75 Å². The Bertz CT molecular complexity index is 776. The Morgan fingerprint density at radius 1 is 1.04 bits per heavy atom. The van der Waals surface area contributed by atoms with Gasteiger partial charge < -0.3 is 14.2 Å². The summed E-state index contributed by atoms with van der Waals surface area (Å²) in [6.45, 7) is 0.588. The van der Waals surface area contributed by atoms with E-state index in [1.807, 2.05) is 0 Å². The Kier molecular flexibility index (Phi) is 5.10. The minimum Gasteiger partial charge on any atom is -0.484 e. The van der Waals surface area contributed by atoms with Gasteiger partial charge in [-0.2, -0.15) is 8.78 Å². The highest BCUT2D eigenvalue weighted by molar-refractivity contribution is 5.76. The first-order valence-electron chi connectivity index (χ1n) is 7.80. The summed E-state index contributed by atoms with van der Waals surface area (Å²) >= 11 is 0. The normalized spacial score (nSPS) is 15.3. The highest BCUT2D eigenvalue weighted by Gasteiger charge is 2.30. The van der Waals surface area contributed by atoms with Crippen LogP contribution in [0, 0.1) is 29.1 Å². The summed E-state index contributed by atoms with van der Waals surface area (Å²) in [6.07, 6.45) is 4.32. The molecule has 0 saturated carbocycles. The van der Waals surface area contributed by atoms with E-state index in [4.69, 9.17) is 4.74 Å². The van der Waals surface area contributed by atoms with E-state index in [-0.39, 0.29) is 38.4 Å². The van der Waals surface area contributed by atoms with Crippen molar-refractivity contribution in [2.24, 2.45) is 0 Å². The third-order valence-corrected chi connectivity index (χ3v) is 4.13. The first-order chi connectivity index (χ1) is 12.4. The third kappa shape index (κ3) is 3.49. The van der Waals surface area contributed by atoms with Crippen LogP contribution in [0.2, 0.25) is 0 Å². The molecule has 0 unspecified atom stereocenters. The van der Waals surface area contributed by atoms with Gasteiger partial charge in [0.2, 0.25) is 35.0 Å². The average molecular weight is 375 g/mol. The van der Waals surface area contributed by atoms with Crippen LogP contribution in [0.5, 0.6) is 5.75 Å². The molecule has 3 rings (SSSR count). The standard InChI is InChI=1S/C16H14F5N3O2/c17-11-12(18)14(20)16(15(21)13(11)19)26-9-1-4-24(5-2-9)10(25)7-23-6-3-22-8-23/h3,6,8-9H,1-2,4-5,7H2. The van der Waals surface area contributed by atoms with Gasteiger partial charge in [0.25, 0.3) is 0 Å². The molecule has 140 valence electrons. The average Bonchev–Trinajstić information content (AvgIpc) is 3.15. The molecule has 1 aliphatic heterocycles. The number of likely N-dealkylation sites (tertiary alicyclic amines) is 1. The van der Waals surface area contributed by atoms with Crippen molar-refractivity contribution in [3.63, 3.8) is 0 Å². The molecule has 1 aromatic carbocycles. The lowest BCUT2D eigenvalue weighted by molar-refractivity contribution is -0.133. The predicted octanol–water partition coefficient (Wildman–Crippen LogP) is 2.65. The second-order valence-electron chi connectivity index (χ2n) is 5.83. The molecule has 5 nitrogen and oxygen atoms in total. The van der Waals surface area contributed by atoms with Gasteiger partial charge in [0, 0.05) is 38.3 Å². The molecule has 2 heterocycles. The van der Waals surface area contributed by atoms with Crippen molar-refractivity contribution in [2.45, 2.75) is 25.5 Å². The van der Waals surface area contributed by atoms with E-state index < -0.39 is 40.9 Å². The number of halogens is 5. The van der Waals surface area contributed by atoms with Crippen LogP contribution in [0.25, 0.3) is 0 Å². The Morgan fingerprint density at radius 2 is 1.62 bits per heavy atom. The van der Waals surface area contributed by atoms with Crippen molar-refractivity contribution in [3.8, 4) is 5.75 Å². The lowest BCUT2D eigenvalue weighted by Crippen LogP contribution is -2.43. The number of carbonyl (C=O) groups excluding carboxylic acids is 1. The molecule has 0 N–H and O–H groups in total. The van der Waals surface area contributed by atoms with Gasteiger partial charge in [-0.1, -0.05) is 0 Å². The van der Waals surface area contributed by atoms with E-state index in [0.29, 0.717) is 0 Å². The Balaban J connectivity index is 1.62. The lowest BCUT2D eigenvalue weighted by atomic mass is 10.1. The Morgan fingerprint density at radius 3 is 2.15 bits per heavy atom. The SMILES string of the molecule is O=C(Cn1ccnc1)N1CCC(Oc2c(F)c(F)c(F)c(F)c2F)CC1. The minimum absolute atomic E-state index is 0.100. The summed E-state index contributed by atoms with van der Waals surface area (Å²) in [6, 6.07) is 0. The molecule has 2 aromatic rings. The van der Waals surface area contributed by atoms with E-state index in [9.17, 15) is 26.7 Å². The molecule has 1 aromatic heterocycles. The van der Waals surface area contributed by atoms with Gasteiger partial charge in [0.05, 0.1) is 6.33 Å². The number of aromatic nitrogens is 2. The second kappa shape index (κ2) is 7.30. The van der Waals surface area contributed by atoms with Crippen LogP contribution < -0.4 is 4.74 Å². The number of carbonyl (C=O) groups is 1. The van der Waals surface area contributed by atoms with Crippen molar-refractivity contribution in [3.05, 3.63) is 47.8 Å². The maximum absolute atomic E-state index is 13.7. The molecule has 10 heteroatoms. The highest BCUT2D eigenvalue weighted by atomic mass is 19.2. The maximum Gasteiger partial charge on any atom is 0.242 e. The van der Waals surface area contributed by atoms with Crippen molar-refractivity contribution in [2.75, 3.05) is 13.1 Å². The molecule has 1 fully saturated rings. The molecule has 0 aliphatic carbocycles. The zero-order valence-electron chi connectivity index (χ0n) is 13.4. The van der Waals surface area contributed by atoms with Gasteiger partial charge in [-0.3, -0.25) is 4.79 Å². The first kappa shape index (κ1) is 18.2. The Labute approximate surface area is 145 Å². The molecule has 1 aliphatic rings. The predicted molar refractivity (Wildman–Crippen MR) is 78.7 cm³/mol. The smallest absolute Gasteiger partial charge is 0.242 e. The summed E-state index contributed by atoms with van der Waals surface area (Å²) in [7, 11) is 0. The van der Waals surface area contributed by atoms with E-state index in [1.54, 1.807) is 15.7 Å². The monoisotopic (exact) mass is 375 g/mol. The van der Waals surface area contributed by atoms with E-state index >= 15 is 0 Å². The molecule has 1 saturated heterocycles. The molecule has 0 radical (unpaired) electrons. The number of nitrogens with zero attached hydrogens (tertiary/aromatic N) is 3. The zero-order chi connectivity index (χ0) is 18.8. The number of benzene rings is 1. The van der Waals surface area contributed by atoms with E-state index in [0.717, 1.165) is 0 Å². The largest absolute Gasteiger partial charge is 0.484 e. The molecule has 0 spiro atoms. The fraction of sp³-hybridized carbons (Fsp3) is 0.375. The zero-order valence-corrected chi connectivity index (χ0v) is 13.4. The first-order valence-corrected chi connectivity index (χ1v) is 7.80. The fourth-order valence-corrected chi connectivity index (χ4v) is 2.71. The van der Waals surface area contributed by atoms with Crippen LogP contribution in [0.15, 0.2) is 18.7 Å². The van der Waals surface area contributed by atoms with Crippen molar-refractivity contribution < 1.29 is 31.5 Å². The molecule has 0 atom stereocenters. The van der Waals surface area contributed by atoms with Crippen molar-refractivity contribution in [1.29, 1.82) is 0 Å². The number of amides is 1. The summed E-state index contributed by atoms with van der Waals surface area (Å²) in [5.74, 6) is -11.8. The molecular weight excluding hydrogens is 361 g/mol. The number of imidazole rings is 1. The number of piperidine rings is 1. The molecule has 0 bridgehead atoms. The summed E-state index contributed by atoms with van der Waals surface area (Å²) < 4.78 is 73.4. The van der Waals surface area contributed by atoms with E-state index in [1.165, 1.54) is 12.5 Å². The molecule has 1 amide bonds. The van der Waals surface area contributed by atoms with Gasteiger partial charge >= 0.3 is 0 Å². The van der Waals surface area contributed by atoms with Gasteiger partial charge in [-0.05, 0) is 0 Å². The van der Waals surface area contributed by atoms with Gasteiger partial charge in [0.1, 0.15) is 12.6 Å². The van der Waals surface area contributed by atoms with Crippen LogP contribution in [-0.4, -0.2) is 39.6 Å². The highest BCUT2D eigenvalue weighted by Crippen LogP contribution is 2.31. The van der Waals surface area contributed by atoms with Gasteiger partial charge in [-0.25, -0.2) is 18.2 Å². The van der Waals surface area contributed by atoms with Crippen LogP contribution in [-0.2, 0) is 11.3 Å². The van der Waals surface area contributed by atoms with Crippen LogP contribution in [0.4, 0.5) is 22.0 Å². The number of rotatable bonds is 4. The fourth-order valence-electron chi connectivity index (χ4n) is 2.71. The van der Waals surface area contributed by atoms with E-state index in [2.05, 4.69) is 4.98 Å². The number of hydrogen-bond acceptors (Lipinski definition) is 3. The molecule has 26 heavy (non-hydrogen) atoms. The van der Waals surface area contributed by atoms with Crippen molar-refractivity contribution in [1.82, 2.24) is 14.5 Å². The summed E-state index contributed by atoms with van der Waals surface area (Å²) in [4.78, 5) is 17.5. The number of ether oxygens (including phenoxy) is 1. The molecular formula is C16H14F5N3O2. The lowest BCUT2D eigenvalue weighted by Gasteiger charge is -2.32.